The molecule has 1 amide bonds. The summed E-state index contributed by atoms with van der Waals surface area (Å²) in [6.07, 6.45) is 5.17. The zero-order valence-electron chi connectivity index (χ0n) is 15.6. The molecule has 142 valence electrons. The molecule has 0 fully saturated rings. The fourth-order valence-corrected chi connectivity index (χ4v) is 3.63. The van der Waals surface area contributed by atoms with E-state index in [1.165, 1.54) is 16.7 Å². The molecule has 0 saturated carbocycles. The van der Waals surface area contributed by atoms with Crippen LogP contribution in [-0.2, 0) is 19.4 Å². The van der Waals surface area contributed by atoms with Gasteiger partial charge in [0, 0.05) is 37.1 Å². The first-order valence-corrected chi connectivity index (χ1v) is 9.86. The highest BCUT2D eigenvalue weighted by molar-refractivity contribution is 6.30. The van der Waals surface area contributed by atoms with Crippen molar-refractivity contribution in [3.63, 3.8) is 0 Å². The third-order valence-electron chi connectivity index (χ3n) is 5.06. The van der Waals surface area contributed by atoms with E-state index in [9.17, 15) is 4.79 Å². The summed E-state index contributed by atoms with van der Waals surface area (Å²) >= 11 is 5.92. The van der Waals surface area contributed by atoms with E-state index in [4.69, 9.17) is 11.6 Å². The van der Waals surface area contributed by atoms with Gasteiger partial charge in [0.05, 0.1) is 11.3 Å². The van der Waals surface area contributed by atoms with Crippen LogP contribution >= 0.6 is 11.6 Å². The van der Waals surface area contributed by atoms with E-state index in [1.807, 2.05) is 41.3 Å². The highest BCUT2D eigenvalue weighted by Crippen LogP contribution is 2.21. The van der Waals surface area contributed by atoms with E-state index < -0.39 is 0 Å². The minimum absolute atomic E-state index is 0.0309. The van der Waals surface area contributed by atoms with Crippen LogP contribution in [0.4, 0.5) is 5.69 Å². The quantitative estimate of drug-likeness (QED) is 0.692. The number of nitrogens with one attached hydrogen (secondary N) is 1. The molecule has 3 aromatic rings. The van der Waals surface area contributed by atoms with Crippen LogP contribution in [0.2, 0.25) is 5.02 Å². The summed E-state index contributed by atoms with van der Waals surface area (Å²) in [7, 11) is 0. The van der Waals surface area contributed by atoms with Crippen LogP contribution in [0.15, 0.2) is 67.0 Å². The number of carbonyl (C=O) groups excluding carboxylic acids is 1. The number of fused-ring (bicyclic) bond motifs is 1. The van der Waals surface area contributed by atoms with Gasteiger partial charge in [-0.3, -0.25) is 9.78 Å². The van der Waals surface area contributed by atoms with Gasteiger partial charge in [0.25, 0.3) is 5.91 Å². The molecule has 2 aromatic carbocycles. The maximum atomic E-state index is 12.9. The maximum absolute atomic E-state index is 12.9. The third-order valence-corrected chi connectivity index (χ3v) is 5.31. The van der Waals surface area contributed by atoms with Gasteiger partial charge in [0.15, 0.2) is 0 Å². The Labute approximate surface area is 170 Å². The van der Waals surface area contributed by atoms with Crippen LogP contribution in [-0.4, -0.2) is 28.9 Å². The maximum Gasteiger partial charge on any atom is 0.255 e. The molecule has 0 aliphatic carbocycles. The number of amides is 1. The van der Waals surface area contributed by atoms with Gasteiger partial charge >= 0.3 is 0 Å². The Kier molecular flexibility index (Phi) is 5.58. The Morgan fingerprint density at radius 2 is 1.86 bits per heavy atom. The van der Waals surface area contributed by atoms with Crippen LogP contribution in [0.5, 0.6) is 0 Å². The highest BCUT2D eigenvalue weighted by Gasteiger charge is 2.21. The summed E-state index contributed by atoms with van der Waals surface area (Å²) in [5.41, 5.74) is 5.26. The summed E-state index contributed by atoms with van der Waals surface area (Å²) in [5, 5.41) is 4.10. The molecular formula is C23H22ClN3O. The van der Waals surface area contributed by atoms with Crippen molar-refractivity contribution in [1.82, 2.24) is 9.88 Å². The van der Waals surface area contributed by atoms with Gasteiger partial charge in [-0.05, 0) is 47.7 Å². The minimum Gasteiger partial charge on any atom is -0.383 e. The van der Waals surface area contributed by atoms with Crippen LogP contribution in [0.3, 0.4) is 0 Å². The fraction of sp³-hybridized carbons (Fsp3) is 0.217. The number of rotatable bonds is 5. The molecule has 0 spiro atoms. The summed E-state index contributed by atoms with van der Waals surface area (Å²) in [6.45, 7) is 2.16. The first-order valence-electron chi connectivity index (χ1n) is 9.48. The summed E-state index contributed by atoms with van der Waals surface area (Å²) in [4.78, 5) is 19.1. The van der Waals surface area contributed by atoms with E-state index in [2.05, 4.69) is 28.5 Å². The second kappa shape index (κ2) is 8.44. The Balaban J connectivity index is 1.38. The topological polar surface area (TPSA) is 45.2 Å². The molecule has 2 heterocycles. The molecule has 4 rings (SSSR count). The van der Waals surface area contributed by atoms with Crippen molar-refractivity contribution in [3.8, 4) is 0 Å². The first kappa shape index (κ1) is 18.5. The summed E-state index contributed by atoms with van der Waals surface area (Å²) in [5.74, 6) is 0.0309. The lowest BCUT2D eigenvalue weighted by Gasteiger charge is -2.29. The molecule has 4 nitrogen and oxygen atoms in total. The molecule has 0 saturated heterocycles. The lowest BCUT2D eigenvalue weighted by atomic mass is 9.99. The van der Waals surface area contributed by atoms with Crippen LogP contribution in [0.25, 0.3) is 0 Å². The SMILES string of the molecule is O=C(c1cncc(NCCc2ccc(Cl)cc2)c1)N1CCc2ccccc2C1. The van der Waals surface area contributed by atoms with E-state index in [0.717, 1.165) is 36.6 Å². The molecular weight excluding hydrogens is 370 g/mol. The predicted molar refractivity (Wildman–Crippen MR) is 113 cm³/mol. The van der Waals surface area contributed by atoms with Gasteiger partial charge in [-0.15, -0.1) is 0 Å². The van der Waals surface area contributed by atoms with Crippen LogP contribution in [0, 0.1) is 0 Å². The number of benzene rings is 2. The molecule has 28 heavy (non-hydrogen) atoms. The molecule has 5 heteroatoms. The number of carbonyl (C=O) groups is 1. The van der Waals surface area contributed by atoms with Crippen LogP contribution < -0.4 is 5.32 Å². The van der Waals surface area contributed by atoms with Gasteiger partial charge in [-0.2, -0.15) is 0 Å². The number of halogens is 1. The molecule has 1 aromatic heterocycles. The molecule has 1 aliphatic rings. The van der Waals surface area contributed by atoms with E-state index in [0.29, 0.717) is 12.1 Å². The smallest absolute Gasteiger partial charge is 0.255 e. The Morgan fingerprint density at radius 3 is 2.68 bits per heavy atom. The second-order valence-corrected chi connectivity index (χ2v) is 7.45. The zero-order chi connectivity index (χ0) is 19.3. The average Bonchev–Trinajstić information content (AvgIpc) is 2.74. The van der Waals surface area contributed by atoms with E-state index >= 15 is 0 Å². The molecule has 0 bridgehead atoms. The van der Waals surface area contributed by atoms with Crippen molar-refractivity contribution in [1.29, 1.82) is 0 Å². The normalized spacial score (nSPS) is 13.1. The predicted octanol–water partition coefficient (Wildman–Crippen LogP) is 4.59. The van der Waals surface area contributed by atoms with Crippen LogP contribution in [0.1, 0.15) is 27.0 Å². The zero-order valence-corrected chi connectivity index (χ0v) is 16.3. The van der Waals surface area contributed by atoms with E-state index in [1.54, 1.807) is 12.4 Å². The van der Waals surface area contributed by atoms with Crippen molar-refractivity contribution in [2.24, 2.45) is 0 Å². The van der Waals surface area contributed by atoms with E-state index in [-0.39, 0.29) is 5.91 Å². The number of hydrogen-bond acceptors (Lipinski definition) is 3. The highest BCUT2D eigenvalue weighted by atomic mass is 35.5. The number of anilines is 1. The molecule has 0 radical (unpaired) electrons. The van der Waals surface area contributed by atoms with Crippen molar-refractivity contribution in [2.75, 3.05) is 18.4 Å². The second-order valence-electron chi connectivity index (χ2n) is 7.01. The van der Waals surface area contributed by atoms with Crippen molar-refractivity contribution in [2.45, 2.75) is 19.4 Å². The lowest BCUT2D eigenvalue weighted by molar-refractivity contribution is 0.0734. The average molecular weight is 392 g/mol. The van der Waals surface area contributed by atoms with Crippen molar-refractivity contribution in [3.05, 3.63) is 94.3 Å². The van der Waals surface area contributed by atoms with Crippen molar-refractivity contribution >= 4 is 23.2 Å². The van der Waals surface area contributed by atoms with Gasteiger partial charge < -0.3 is 10.2 Å². The Morgan fingerprint density at radius 1 is 1.07 bits per heavy atom. The molecule has 1 N–H and O–H groups in total. The first-order chi connectivity index (χ1) is 13.7. The number of aromatic nitrogens is 1. The van der Waals surface area contributed by atoms with Gasteiger partial charge in [0.1, 0.15) is 0 Å². The number of nitrogens with zero attached hydrogens (tertiary/aromatic N) is 2. The molecule has 0 atom stereocenters. The monoisotopic (exact) mass is 391 g/mol. The summed E-state index contributed by atoms with van der Waals surface area (Å²) in [6, 6.07) is 18.1. The summed E-state index contributed by atoms with van der Waals surface area (Å²) < 4.78 is 0. The fourth-order valence-electron chi connectivity index (χ4n) is 3.51. The number of hydrogen-bond donors (Lipinski definition) is 1. The van der Waals surface area contributed by atoms with Gasteiger partial charge in [0.2, 0.25) is 0 Å². The lowest BCUT2D eigenvalue weighted by Crippen LogP contribution is -2.36. The minimum atomic E-state index is 0.0309. The Hall–Kier alpha value is -2.85. The molecule has 1 aliphatic heterocycles. The molecule has 0 unspecified atom stereocenters. The van der Waals surface area contributed by atoms with Crippen molar-refractivity contribution < 1.29 is 4.79 Å². The third kappa shape index (κ3) is 4.34. The van der Waals surface area contributed by atoms with Gasteiger partial charge in [-0.25, -0.2) is 0 Å². The Bertz CT molecular complexity index is 972. The standard InChI is InChI=1S/C23H22ClN3O/c24-21-7-5-17(6-8-21)9-11-26-22-13-20(14-25-15-22)23(28)27-12-10-18-3-1-2-4-19(18)16-27/h1-8,13-15,26H,9-12,16H2. The number of pyridine rings is 1. The largest absolute Gasteiger partial charge is 0.383 e. The van der Waals surface area contributed by atoms with Gasteiger partial charge in [-0.1, -0.05) is 48.0 Å².